The van der Waals surface area contributed by atoms with Gasteiger partial charge in [0.25, 0.3) is 0 Å². The van der Waals surface area contributed by atoms with E-state index in [4.69, 9.17) is 9.84 Å². The van der Waals surface area contributed by atoms with Crippen LogP contribution >= 0.6 is 0 Å². The molecule has 3 N–H and O–H groups in total. The maximum Gasteiger partial charge on any atom is 0.354 e. The number of aliphatic hydroxyl groups excluding tert-OH is 1. The van der Waals surface area contributed by atoms with Crippen LogP contribution in [0.3, 0.4) is 0 Å². The van der Waals surface area contributed by atoms with E-state index >= 15 is 0 Å². The molecule has 1 aliphatic heterocycles. The van der Waals surface area contributed by atoms with Crippen LogP contribution < -0.4 is 5.32 Å². The summed E-state index contributed by atoms with van der Waals surface area (Å²) in [5.41, 5.74) is 0.515. The van der Waals surface area contributed by atoms with E-state index in [0.29, 0.717) is 25.5 Å². The number of carboxylic acids is 1. The number of hydrogen-bond acceptors (Lipinski definition) is 6. The fourth-order valence-corrected chi connectivity index (χ4v) is 2.22. The molecular formula is C13H19N3O4. The van der Waals surface area contributed by atoms with Gasteiger partial charge in [-0.15, -0.1) is 0 Å². The molecule has 1 atom stereocenters. The molecule has 1 aliphatic rings. The number of aromatic carboxylic acids is 1. The van der Waals surface area contributed by atoms with Crippen LogP contribution in [0.5, 0.6) is 0 Å². The van der Waals surface area contributed by atoms with Crippen LogP contribution in [0.15, 0.2) is 6.07 Å². The average molecular weight is 281 g/mol. The molecule has 2 heterocycles. The lowest BCUT2D eigenvalue weighted by Gasteiger charge is -2.26. The van der Waals surface area contributed by atoms with Crippen molar-refractivity contribution < 1.29 is 19.7 Å². The third-order valence-electron chi connectivity index (χ3n) is 3.35. The van der Waals surface area contributed by atoms with Crippen molar-refractivity contribution in [3.05, 3.63) is 17.5 Å². The zero-order chi connectivity index (χ0) is 14.5. The van der Waals surface area contributed by atoms with Crippen molar-refractivity contribution in [1.82, 2.24) is 9.97 Å². The molecule has 1 unspecified atom stereocenters. The summed E-state index contributed by atoms with van der Waals surface area (Å²) in [5.74, 6) is -0.669. The number of aromatic nitrogens is 2. The van der Waals surface area contributed by atoms with E-state index in [1.807, 2.05) is 0 Å². The van der Waals surface area contributed by atoms with Gasteiger partial charge in [0.05, 0.1) is 6.10 Å². The lowest BCUT2D eigenvalue weighted by molar-refractivity contribution is 0.0131. The summed E-state index contributed by atoms with van der Waals surface area (Å²) < 4.78 is 5.25. The van der Waals surface area contributed by atoms with E-state index in [9.17, 15) is 9.90 Å². The highest BCUT2D eigenvalue weighted by molar-refractivity contribution is 5.85. The monoisotopic (exact) mass is 281 g/mol. The largest absolute Gasteiger partial charge is 0.477 e. The van der Waals surface area contributed by atoms with Gasteiger partial charge in [0.15, 0.2) is 5.69 Å². The molecule has 20 heavy (non-hydrogen) atoms. The minimum Gasteiger partial charge on any atom is -0.477 e. The van der Waals surface area contributed by atoms with Crippen molar-refractivity contribution in [2.75, 3.05) is 25.1 Å². The first kappa shape index (κ1) is 14.7. The van der Waals surface area contributed by atoms with E-state index in [-0.39, 0.29) is 17.6 Å². The number of ether oxygens (including phenoxy) is 1. The highest BCUT2D eigenvalue weighted by atomic mass is 16.5. The second-order valence-corrected chi connectivity index (χ2v) is 4.92. The molecule has 2 rings (SSSR count). The summed E-state index contributed by atoms with van der Waals surface area (Å²) in [5, 5.41) is 21.9. The van der Waals surface area contributed by atoms with Crippen molar-refractivity contribution in [3.8, 4) is 0 Å². The minimum absolute atomic E-state index is 0.0550. The molecule has 7 heteroatoms. The Morgan fingerprint density at radius 1 is 1.50 bits per heavy atom. The summed E-state index contributed by atoms with van der Waals surface area (Å²) in [7, 11) is 0. The van der Waals surface area contributed by atoms with Crippen molar-refractivity contribution in [2.24, 2.45) is 5.92 Å². The van der Waals surface area contributed by atoms with Gasteiger partial charge in [-0.1, -0.05) is 0 Å². The fourth-order valence-electron chi connectivity index (χ4n) is 2.22. The van der Waals surface area contributed by atoms with E-state index in [1.54, 1.807) is 6.92 Å². The van der Waals surface area contributed by atoms with Gasteiger partial charge in [-0.3, -0.25) is 0 Å². The van der Waals surface area contributed by atoms with Gasteiger partial charge in [-0.2, -0.15) is 0 Å². The lowest BCUT2D eigenvalue weighted by Crippen LogP contribution is -2.33. The number of nitrogens with one attached hydrogen (secondary N) is 1. The second kappa shape index (κ2) is 6.62. The maximum absolute atomic E-state index is 10.9. The van der Waals surface area contributed by atoms with Crippen LogP contribution in [-0.2, 0) is 4.74 Å². The smallest absolute Gasteiger partial charge is 0.354 e. The van der Waals surface area contributed by atoms with Crippen LogP contribution in [0.25, 0.3) is 0 Å². The molecule has 110 valence electrons. The van der Waals surface area contributed by atoms with Gasteiger partial charge in [-0.05, 0) is 31.7 Å². The molecule has 1 saturated heterocycles. The van der Waals surface area contributed by atoms with Gasteiger partial charge in [-0.25, -0.2) is 14.8 Å². The third kappa shape index (κ3) is 3.88. The predicted octanol–water partition coefficient (Wildman–Crippen LogP) is 0.683. The zero-order valence-electron chi connectivity index (χ0n) is 11.4. The van der Waals surface area contributed by atoms with Crippen molar-refractivity contribution >= 4 is 11.9 Å². The van der Waals surface area contributed by atoms with E-state index in [0.717, 1.165) is 12.8 Å². The number of aryl methyl sites for hydroxylation is 1. The highest BCUT2D eigenvalue weighted by Crippen LogP contribution is 2.19. The molecule has 0 aromatic carbocycles. The summed E-state index contributed by atoms with van der Waals surface area (Å²) in [6.07, 6.45) is 1.15. The van der Waals surface area contributed by atoms with Gasteiger partial charge in [0.2, 0.25) is 5.95 Å². The van der Waals surface area contributed by atoms with Gasteiger partial charge in [0, 0.05) is 25.5 Å². The molecule has 1 fully saturated rings. The fraction of sp³-hybridized carbons (Fsp3) is 0.615. The second-order valence-electron chi connectivity index (χ2n) is 4.92. The first-order valence-corrected chi connectivity index (χ1v) is 6.65. The topological polar surface area (TPSA) is 105 Å². The average Bonchev–Trinajstić information content (AvgIpc) is 2.45. The van der Waals surface area contributed by atoms with Crippen molar-refractivity contribution in [3.63, 3.8) is 0 Å². The lowest BCUT2D eigenvalue weighted by atomic mass is 9.94. The third-order valence-corrected chi connectivity index (χ3v) is 3.35. The summed E-state index contributed by atoms with van der Waals surface area (Å²) in [4.78, 5) is 18.9. The Balaban J connectivity index is 1.94. The molecular weight excluding hydrogens is 262 g/mol. The minimum atomic E-state index is -1.09. The normalized spacial score (nSPS) is 17.7. The van der Waals surface area contributed by atoms with Gasteiger partial charge < -0.3 is 20.3 Å². The van der Waals surface area contributed by atoms with Crippen LogP contribution in [-0.4, -0.2) is 52.0 Å². The summed E-state index contributed by atoms with van der Waals surface area (Å²) in [6.45, 7) is 3.35. The van der Waals surface area contributed by atoms with Crippen LogP contribution in [0.4, 0.5) is 5.95 Å². The van der Waals surface area contributed by atoms with E-state index < -0.39 is 12.1 Å². The molecule has 7 nitrogen and oxygen atoms in total. The molecule has 0 bridgehead atoms. The molecule has 0 amide bonds. The van der Waals surface area contributed by atoms with Crippen LogP contribution in [0.1, 0.15) is 29.0 Å². The van der Waals surface area contributed by atoms with E-state index in [2.05, 4.69) is 15.3 Å². The van der Waals surface area contributed by atoms with Crippen LogP contribution in [0.2, 0.25) is 0 Å². The Kier molecular flexibility index (Phi) is 4.86. The zero-order valence-corrected chi connectivity index (χ0v) is 11.4. The molecule has 1 aromatic heterocycles. The van der Waals surface area contributed by atoms with Crippen molar-refractivity contribution in [1.29, 1.82) is 0 Å². The number of hydrogen-bond donors (Lipinski definition) is 3. The van der Waals surface area contributed by atoms with Crippen LogP contribution in [0, 0.1) is 12.8 Å². The summed E-state index contributed by atoms with van der Waals surface area (Å²) >= 11 is 0. The quantitative estimate of drug-likeness (QED) is 0.729. The molecule has 0 radical (unpaired) electrons. The first-order valence-electron chi connectivity index (χ1n) is 6.65. The number of nitrogens with zero attached hydrogens (tertiary/aromatic N) is 2. The van der Waals surface area contributed by atoms with E-state index in [1.165, 1.54) is 6.07 Å². The Labute approximate surface area is 117 Å². The van der Waals surface area contributed by atoms with Gasteiger partial charge >= 0.3 is 5.97 Å². The number of carbonyl (C=O) groups is 1. The molecule has 0 saturated carbocycles. The van der Waals surface area contributed by atoms with Crippen molar-refractivity contribution in [2.45, 2.75) is 25.9 Å². The Morgan fingerprint density at radius 3 is 2.85 bits per heavy atom. The number of anilines is 1. The Bertz CT molecular complexity index is 475. The number of carboxylic acid groups (broad SMARTS) is 1. The summed E-state index contributed by atoms with van der Waals surface area (Å²) in [6, 6.07) is 1.41. The number of rotatable bonds is 5. The predicted molar refractivity (Wildman–Crippen MR) is 71.8 cm³/mol. The molecule has 1 aromatic rings. The maximum atomic E-state index is 10.9. The molecule has 0 aliphatic carbocycles. The number of aliphatic hydroxyl groups is 1. The Morgan fingerprint density at radius 2 is 2.20 bits per heavy atom. The first-order chi connectivity index (χ1) is 9.56. The standard InChI is InChI=1S/C13H19N3O4/c1-8-6-10(12(18)19)16-13(15-8)14-7-11(17)9-2-4-20-5-3-9/h6,9,11,17H,2-5,7H2,1H3,(H,18,19)(H,14,15,16). The Hall–Kier alpha value is -1.73. The molecule has 0 spiro atoms. The van der Waals surface area contributed by atoms with Gasteiger partial charge in [0.1, 0.15) is 0 Å². The highest BCUT2D eigenvalue weighted by Gasteiger charge is 2.22. The SMILES string of the molecule is Cc1cc(C(=O)O)nc(NCC(O)C2CCOCC2)n1.